The second-order valence-electron chi connectivity index (χ2n) is 5.13. The van der Waals surface area contributed by atoms with Crippen LogP contribution >= 0.6 is 0 Å². The van der Waals surface area contributed by atoms with E-state index in [0.29, 0.717) is 11.4 Å². The van der Waals surface area contributed by atoms with Crippen LogP contribution in [-0.2, 0) is 0 Å². The summed E-state index contributed by atoms with van der Waals surface area (Å²) in [5.41, 5.74) is 10.3. The van der Waals surface area contributed by atoms with E-state index in [1.54, 1.807) is 12.1 Å². The molecule has 2 rings (SSSR count). The monoisotopic (exact) mass is 285 g/mol. The van der Waals surface area contributed by atoms with Gasteiger partial charge in [0.25, 0.3) is 0 Å². The summed E-state index contributed by atoms with van der Waals surface area (Å²) >= 11 is 0. The summed E-state index contributed by atoms with van der Waals surface area (Å²) in [5, 5.41) is 11.8. The molecule has 3 N–H and O–H groups in total. The fourth-order valence-corrected chi connectivity index (χ4v) is 2.12. The molecular formula is C16H19N3O2. The van der Waals surface area contributed by atoms with Gasteiger partial charge in [-0.05, 0) is 56.5 Å². The minimum atomic E-state index is 0.0301. The van der Waals surface area contributed by atoms with Gasteiger partial charge in [0.2, 0.25) is 5.88 Å². The molecule has 0 atom stereocenters. The maximum absolute atomic E-state index is 8.78. The number of amidine groups is 1. The molecule has 110 valence electrons. The number of rotatable bonds is 3. The number of nitrogens with two attached hydrogens (primary N) is 1. The van der Waals surface area contributed by atoms with E-state index in [1.807, 2.05) is 33.8 Å². The zero-order chi connectivity index (χ0) is 15.6. The highest BCUT2D eigenvalue weighted by atomic mass is 16.5. The van der Waals surface area contributed by atoms with Crippen LogP contribution in [0.25, 0.3) is 0 Å². The minimum Gasteiger partial charge on any atom is -0.439 e. The van der Waals surface area contributed by atoms with E-state index < -0.39 is 0 Å². The molecule has 0 aliphatic heterocycles. The maximum Gasteiger partial charge on any atom is 0.220 e. The maximum atomic E-state index is 8.78. The summed E-state index contributed by atoms with van der Waals surface area (Å²) in [6.07, 6.45) is 0. The summed E-state index contributed by atoms with van der Waals surface area (Å²) in [5.74, 6) is 1.21. The molecule has 0 saturated heterocycles. The van der Waals surface area contributed by atoms with Crippen molar-refractivity contribution in [2.24, 2.45) is 10.9 Å². The fraction of sp³-hybridized carbons (Fsp3) is 0.250. The van der Waals surface area contributed by atoms with Crippen LogP contribution in [0.5, 0.6) is 11.6 Å². The van der Waals surface area contributed by atoms with Gasteiger partial charge in [-0.1, -0.05) is 11.2 Å². The van der Waals surface area contributed by atoms with Crippen molar-refractivity contribution in [3.8, 4) is 11.6 Å². The number of aromatic nitrogens is 1. The number of ether oxygens (including phenoxy) is 1. The first kappa shape index (κ1) is 14.8. The molecule has 1 heterocycles. The quantitative estimate of drug-likeness (QED) is 0.393. The van der Waals surface area contributed by atoms with Crippen molar-refractivity contribution < 1.29 is 9.94 Å². The van der Waals surface area contributed by atoms with Crippen molar-refractivity contribution >= 4 is 5.84 Å². The van der Waals surface area contributed by atoms with Crippen molar-refractivity contribution in [3.05, 3.63) is 52.2 Å². The first-order valence-electron chi connectivity index (χ1n) is 6.63. The van der Waals surface area contributed by atoms with E-state index in [1.165, 1.54) is 0 Å². The van der Waals surface area contributed by atoms with Gasteiger partial charge in [-0.3, -0.25) is 0 Å². The van der Waals surface area contributed by atoms with Crippen molar-refractivity contribution in [2.45, 2.75) is 27.7 Å². The Kier molecular flexibility index (Phi) is 4.12. The predicted molar refractivity (Wildman–Crippen MR) is 82.2 cm³/mol. The lowest BCUT2D eigenvalue weighted by atomic mass is 10.1. The molecule has 0 amide bonds. The first-order valence-corrected chi connectivity index (χ1v) is 6.63. The molecule has 0 bridgehead atoms. The molecule has 0 radical (unpaired) electrons. The highest BCUT2D eigenvalue weighted by Gasteiger charge is 2.09. The van der Waals surface area contributed by atoms with Gasteiger partial charge in [0, 0.05) is 17.3 Å². The number of oxime groups is 1. The van der Waals surface area contributed by atoms with Gasteiger partial charge in [0.15, 0.2) is 5.84 Å². The molecule has 5 heteroatoms. The van der Waals surface area contributed by atoms with Crippen LogP contribution in [0.1, 0.15) is 27.9 Å². The molecule has 0 aliphatic carbocycles. The summed E-state index contributed by atoms with van der Waals surface area (Å²) < 4.78 is 5.88. The van der Waals surface area contributed by atoms with Crippen LogP contribution in [0.4, 0.5) is 0 Å². The lowest BCUT2D eigenvalue weighted by Crippen LogP contribution is -2.13. The van der Waals surface area contributed by atoms with E-state index in [-0.39, 0.29) is 5.84 Å². The third-order valence-electron chi connectivity index (χ3n) is 3.31. The molecule has 0 saturated carbocycles. The van der Waals surface area contributed by atoms with Gasteiger partial charge < -0.3 is 15.7 Å². The van der Waals surface area contributed by atoms with Crippen molar-refractivity contribution in [2.75, 3.05) is 0 Å². The summed E-state index contributed by atoms with van der Waals surface area (Å²) in [6, 6.07) is 7.46. The molecule has 1 aromatic heterocycles. The number of nitrogens with zero attached hydrogens (tertiary/aromatic N) is 2. The first-order chi connectivity index (χ1) is 9.90. The van der Waals surface area contributed by atoms with Crippen LogP contribution < -0.4 is 10.5 Å². The predicted octanol–water partition coefficient (Wildman–Crippen LogP) is 3.20. The second kappa shape index (κ2) is 5.83. The van der Waals surface area contributed by atoms with Gasteiger partial charge in [0.05, 0.1) is 0 Å². The normalized spacial score (nSPS) is 11.5. The molecule has 0 aliphatic rings. The van der Waals surface area contributed by atoms with Crippen molar-refractivity contribution in [1.82, 2.24) is 4.98 Å². The fourth-order valence-electron chi connectivity index (χ4n) is 2.12. The van der Waals surface area contributed by atoms with Gasteiger partial charge in [0.1, 0.15) is 5.75 Å². The summed E-state index contributed by atoms with van der Waals surface area (Å²) in [6.45, 7) is 7.89. The number of pyridine rings is 1. The Morgan fingerprint density at radius 2 is 1.86 bits per heavy atom. The van der Waals surface area contributed by atoms with E-state index >= 15 is 0 Å². The highest BCUT2D eigenvalue weighted by Crippen LogP contribution is 2.28. The van der Waals surface area contributed by atoms with E-state index in [0.717, 1.165) is 28.1 Å². The minimum absolute atomic E-state index is 0.0301. The Hall–Kier alpha value is -2.56. The van der Waals surface area contributed by atoms with Gasteiger partial charge in [-0.25, -0.2) is 4.98 Å². The number of benzene rings is 1. The van der Waals surface area contributed by atoms with Crippen molar-refractivity contribution in [1.29, 1.82) is 0 Å². The topological polar surface area (TPSA) is 80.7 Å². The molecule has 1 aromatic carbocycles. The lowest BCUT2D eigenvalue weighted by Gasteiger charge is -2.12. The third-order valence-corrected chi connectivity index (χ3v) is 3.31. The zero-order valence-electron chi connectivity index (χ0n) is 12.6. The zero-order valence-corrected chi connectivity index (χ0v) is 12.6. The molecule has 21 heavy (non-hydrogen) atoms. The van der Waals surface area contributed by atoms with Crippen LogP contribution in [-0.4, -0.2) is 16.0 Å². The van der Waals surface area contributed by atoms with Crippen LogP contribution in [0, 0.1) is 27.7 Å². The van der Waals surface area contributed by atoms with Gasteiger partial charge >= 0.3 is 0 Å². The Bertz CT molecular complexity index is 709. The van der Waals surface area contributed by atoms with Crippen molar-refractivity contribution in [3.63, 3.8) is 0 Å². The van der Waals surface area contributed by atoms with Crippen LogP contribution in [0.15, 0.2) is 29.4 Å². The van der Waals surface area contributed by atoms with Gasteiger partial charge in [-0.2, -0.15) is 0 Å². The smallest absolute Gasteiger partial charge is 0.220 e. The number of hydrogen-bond donors (Lipinski definition) is 2. The Balaban J connectivity index is 2.43. The summed E-state index contributed by atoms with van der Waals surface area (Å²) in [4.78, 5) is 4.33. The highest BCUT2D eigenvalue weighted by molar-refractivity contribution is 5.97. The Morgan fingerprint density at radius 1 is 1.14 bits per heavy atom. The largest absolute Gasteiger partial charge is 0.439 e. The average Bonchev–Trinajstić information content (AvgIpc) is 2.42. The lowest BCUT2D eigenvalue weighted by molar-refractivity contribution is 0.318. The van der Waals surface area contributed by atoms with Crippen LogP contribution in [0.3, 0.4) is 0 Å². The average molecular weight is 285 g/mol. The molecule has 0 unspecified atom stereocenters. The Morgan fingerprint density at radius 3 is 2.52 bits per heavy atom. The number of aryl methyl sites for hydroxylation is 3. The summed E-state index contributed by atoms with van der Waals surface area (Å²) in [7, 11) is 0. The van der Waals surface area contributed by atoms with E-state index in [9.17, 15) is 0 Å². The molecule has 0 fully saturated rings. The molecular weight excluding hydrogens is 266 g/mol. The Labute approximate surface area is 124 Å². The molecule has 2 aromatic rings. The standard InChI is InChI=1S/C16H19N3O2/c1-9-5-10(2)12(4)14(6-9)21-15-8-13(16(17)19-20)7-11(3)18-15/h5-8,20H,1-4H3,(H2,17,19). The number of hydrogen-bond acceptors (Lipinski definition) is 4. The van der Waals surface area contributed by atoms with Gasteiger partial charge in [-0.15, -0.1) is 0 Å². The van der Waals surface area contributed by atoms with E-state index in [4.69, 9.17) is 15.7 Å². The third kappa shape index (κ3) is 3.31. The van der Waals surface area contributed by atoms with E-state index in [2.05, 4.69) is 16.2 Å². The SMILES string of the molecule is Cc1cc(C)c(C)c(Oc2cc(/C(N)=N/O)cc(C)n2)c1. The molecule has 5 nitrogen and oxygen atoms in total. The molecule has 0 spiro atoms. The van der Waals surface area contributed by atoms with Crippen LogP contribution in [0.2, 0.25) is 0 Å². The second-order valence-corrected chi connectivity index (χ2v) is 5.13.